The summed E-state index contributed by atoms with van der Waals surface area (Å²) in [6, 6.07) is 1.32. The van der Waals surface area contributed by atoms with Crippen LogP contribution in [0.25, 0.3) is 0 Å². The molecule has 0 aliphatic rings. The number of rotatable bonds is 3. The van der Waals surface area contributed by atoms with Crippen LogP contribution in [0.3, 0.4) is 0 Å². The summed E-state index contributed by atoms with van der Waals surface area (Å²) < 4.78 is 1.14. The van der Waals surface area contributed by atoms with Crippen molar-refractivity contribution in [1.29, 1.82) is 0 Å². The van der Waals surface area contributed by atoms with Crippen LogP contribution in [0.15, 0.2) is 21.9 Å². The summed E-state index contributed by atoms with van der Waals surface area (Å²) in [7, 11) is 0. The van der Waals surface area contributed by atoms with Crippen molar-refractivity contribution in [1.82, 2.24) is 9.55 Å². The molecular weight excluding hydrogens is 168 g/mol. The first-order valence-electron chi connectivity index (χ1n) is 3.97. The third-order valence-corrected chi connectivity index (χ3v) is 1.65. The number of nitrogens with zero attached hydrogens (tertiary/aromatic N) is 1. The Morgan fingerprint density at radius 1 is 1.54 bits per heavy atom. The fourth-order valence-electron chi connectivity index (χ4n) is 1.00. The quantitative estimate of drug-likeness (QED) is 0.521. The highest BCUT2D eigenvalue weighted by atomic mass is 16.2. The third kappa shape index (κ3) is 2.34. The molecule has 1 aromatic rings. The third-order valence-electron chi connectivity index (χ3n) is 1.65. The Balaban J connectivity index is 2.83. The minimum Gasteiger partial charge on any atom is -0.314 e. The molecule has 1 heterocycles. The smallest absolute Gasteiger partial charge is 0.314 e. The van der Waals surface area contributed by atoms with Crippen molar-refractivity contribution in [2.45, 2.75) is 19.4 Å². The van der Waals surface area contributed by atoms with Gasteiger partial charge in [0.25, 0.3) is 5.56 Å². The van der Waals surface area contributed by atoms with Crippen LogP contribution in [0, 0.1) is 12.3 Å². The lowest BCUT2D eigenvalue weighted by Crippen LogP contribution is -2.33. The second-order valence-corrected chi connectivity index (χ2v) is 2.58. The van der Waals surface area contributed by atoms with Crippen LogP contribution in [0.1, 0.15) is 12.8 Å². The fourth-order valence-corrected chi connectivity index (χ4v) is 1.00. The molecule has 1 N–H and O–H groups in total. The zero-order chi connectivity index (χ0) is 9.68. The number of nitrogens with one attached hydrogen (secondary N) is 1. The molecule has 0 bridgehead atoms. The van der Waals surface area contributed by atoms with Crippen LogP contribution in [0.2, 0.25) is 0 Å². The van der Waals surface area contributed by atoms with Crippen LogP contribution in [-0.2, 0) is 6.54 Å². The molecule has 0 spiro atoms. The van der Waals surface area contributed by atoms with Crippen molar-refractivity contribution >= 4 is 0 Å². The van der Waals surface area contributed by atoms with E-state index in [0.717, 1.165) is 4.57 Å². The first kappa shape index (κ1) is 9.33. The molecule has 1 aromatic heterocycles. The van der Waals surface area contributed by atoms with Crippen molar-refractivity contribution in [2.75, 3.05) is 0 Å². The van der Waals surface area contributed by atoms with E-state index >= 15 is 0 Å². The van der Waals surface area contributed by atoms with Crippen molar-refractivity contribution in [3.8, 4) is 12.3 Å². The van der Waals surface area contributed by atoms with Gasteiger partial charge in [0.2, 0.25) is 0 Å². The summed E-state index contributed by atoms with van der Waals surface area (Å²) in [5, 5.41) is 0. The van der Waals surface area contributed by atoms with Gasteiger partial charge in [-0.15, -0.1) is 12.3 Å². The zero-order valence-corrected chi connectivity index (χ0v) is 7.12. The van der Waals surface area contributed by atoms with Crippen LogP contribution in [0.4, 0.5) is 0 Å². The Morgan fingerprint density at radius 2 is 2.31 bits per heavy atom. The van der Waals surface area contributed by atoms with Crippen LogP contribution in [-0.4, -0.2) is 9.55 Å². The van der Waals surface area contributed by atoms with Gasteiger partial charge in [0, 0.05) is 25.2 Å². The zero-order valence-electron chi connectivity index (χ0n) is 7.12. The number of hydrogen-bond acceptors (Lipinski definition) is 2. The lowest BCUT2D eigenvalue weighted by Gasteiger charge is -2.00. The lowest BCUT2D eigenvalue weighted by molar-refractivity contribution is 0.599. The average molecular weight is 178 g/mol. The number of terminal acetylenes is 1. The highest BCUT2D eigenvalue weighted by Gasteiger charge is 1.97. The maximum atomic E-state index is 11.1. The number of H-pyrrole nitrogens is 1. The van der Waals surface area contributed by atoms with Gasteiger partial charge in [-0.3, -0.25) is 9.36 Å². The SMILES string of the molecule is C#CCCCn1c(=O)cc[nH]c1=O. The highest BCUT2D eigenvalue weighted by molar-refractivity contribution is 4.85. The molecule has 4 nitrogen and oxygen atoms in total. The topological polar surface area (TPSA) is 54.9 Å². The summed E-state index contributed by atoms with van der Waals surface area (Å²) in [6.07, 6.45) is 7.59. The highest BCUT2D eigenvalue weighted by Crippen LogP contribution is 1.87. The number of aromatic amines is 1. The molecule has 0 unspecified atom stereocenters. The summed E-state index contributed by atoms with van der Waals surface area (Å²) in [6.45, 7) is 0.374. The van der Waals surface area contributed by atoms with Crippen molar-refractivity contribution in [2.24, 2.45) is 0 Å². The van der Waals surface area contributed by atoms with Crippen molar-refractivity contribution in [3.05, 3.63) is 33.1 Å². The van der Waals surface area contributed by atoms with Gasteiger partial charge in [-0.05, 0) is 6.42 Å². The van der Waals surface area contributed by atoms with E-state index in [4.69, 9.17) is 6.42 Å². The van der Waals surface area contributed by atoms with Gasteiger partial charge in [-0.2, -0.15) is 0 Å². The van der Waals surface area contributed by atoms with Gasteiger partial charge < -0.3 is 4.98 Å². The van der Waals surface area contributed by atoms with E-state index in [9.17, 15) is 9.59 Å². The van der Waals surface area contributed by atoms with Crippen LogP contribution in [0.5, 0.6) is 0 Å². The van der Waals surface area contributed by atoms with Gasteiger partial charge in [-0.1, -0.05) is 0 Å². The summed E-state index contributed by atoms with van der Waals surface area (Å²) in [5.41, 5.74) is -0.676. The average Bonchev–Trinajstić information content (AvgIpc) is 2.10. The molecule has 0 fully saturated rings. The van der Waals surface area contributed by atoms with Crippen LogP contribution < -0.4 is 11.2 Å². The predicted octanol–water partition coefficient (Wildman–Crippen LogP) is -0.0500. The minimum absolute atomic E-state index is 0.291. The van der Waals surface area contributed by atoms with E-state index in [1.54, 1.807) is 0 Å². The Bertz CT molecular complexity index is 394. The van der Waals surface area contributed by atoms with Gasteiger partial charge in [0.05, 0.1) is 0 Å². The second-order valence-electron chi connectivity index (χ2n) is 2.58. The van der Waals surface area contributed by atoms with Gasteiger partial charge in [-0.25, -0.2) is 4.79 Å². The molecule has 0 aromatic carbocycles. The summed E-state index contributed by atoms with van der Waals surface area (Å²) in [5.74, 6) is 2.45. The molecule has 0 saturated heterocycles. The van der Waals surface area contributed by atoms with E-state index in [0.29, 0.717) is 19.4 Å². The minimum atomic E-state index is -0.385. The van der Waals surface area contributed by atoms with Gasteiger partial charge in [0.1, 0.15) is 0 Å². The van der Waals surface area contributed by atoms with Gasteiger partial charge in [0.15, 0.2) is 0 Å². The maximum Gasteiger partial charge on any atom is 0.328 e. The molecule has 0 aliphatic heterocycles. The van der Waals surface area contributed by atoms with Crippen molar-refractivity contribution in [3.63, 3.8) is 0 Å². The maximum absolute atomic E-state index is 11.1. The number of unbranched alkanes of at least 4 members (excludes halogenated alkanes) is 1. The molecule has 0 amide bonds. The normalized spacial score (nSPS) is 9.46. The summed E-state index contributed by atoms with van der Waals surface area (Å²) >= 11 is 0. The first-order valence-corrected chi connectivity index (χ1v) is 3.97. The molecule has 4 heteroatoms. The molecule has 68 valence electrons. The Labute approximate surface area is 75.2 Å². The standard InChI is InChI=1S/C9H10N2O2/c1-2-3-4-7-11-8(12)5-6-10-9(11)13/h1,5-6H,3-4,7H2,(H,10,13). The van der Waals surface area contributed by atoms with Gasteiger partial charge >= 0.3 is 5.69 Å². The molecule has 13 heavy (non-hydrogen) atoms. The van der Waals surface area contributed by atoms with E-state index in [1.165, 1.54) is 12.3 Å². The molecule has 0 aliphatic carbocycles. The van der Waals surface area contributed by atoms with Crippen LogP contribution >= 0.6 is 0 Å². The Kier molecular flexibility index (Phi) is 3.09. The Morgan fingerprint density at radius 3 is 2.92 bits per heavy atom. The van der Waals surface area contributed by atoms with E-state index in [-0.39, 0.29) is 11.2 Å². The molecule has 0 saturated carbocycles. The fraction of sp³-hybridized carbons (Fsp3) is 0.333. The largest absolute Gasteiger partial charge is 0.328 e. The monoisotopic (exact) mass is 178 g/mol. The summed E-state index contributed by atoms with van der Waals surface area (Å²) in [4.78, 5) is 24.6. The van der Waals surface area contributed by atoms with E-state index in [1.807, 2.05) is 0 Å². The Hall–Kier alpha value is -1.76. The van der Waals surface area contributed by atoms with E-state index < -0.39 is 0 Å². The van der Waals surface area contributed by atoms with E-state index in [2.05, 4.69) is 10.9 Å². The second kappa shape index (κ2) is 4.31. The number of hydrogen-bond donors (Lipinski definition) is 1. The first-order chi connectivity index (χ1) is 6.25. The molecule has 0 radical (unpaired) electrons. The lowest BCUT2D eigenvalue weighted by atomic mass is 10.3. The molecular formula is C9H10N2O2. The molecule has 1 rings (SSSR count). The van der Waals surface area contributed by atoms with Crippen molar-refractivity contribution < 1.29 is 0 Å². The predicted molar refractivity (Wildman–Crippen MR) is 49.4 cm³/mol. The number of aromatic nitrogens is 2. The molecule has 0 atom stereocenters.